The highest BCUT2D eigenvalue weighted by molar-refractivity contribution is 7.89. The van der Waals surface area contributed by atoms with Gasteiger partial charge < -0.3 is 15.2 Å². The topological polar surface area (TPSA) is 140 Å². The van der Waals surface area contributed by atoms with Gasteiger partial charge in [-0.1, -0.05) is 18.5 Å². The minimum absolute atomic E-state index is 0.0227. The summed E-state index contributed by atoms with van der Waals surface area (Å²) in [5.74, 6) is -1.54. The molecule has 1 aliphatic rings. The lowest BCUT2D eigenvalue weighted by Crippen LogP contribution is -2.32. The zero-order valence-corrected chi connectivity index (χ0v) is 22.1. The van der Waals surface area contributed by atoms with Gasteiger partial charge >= 0.3 is 5.97 Å². The Kier molecular flexibility index (Phi) is 7.58. The number of amides is 1. The first kappa shape index (κ1) is 26.6. The van der Waals surface area contributed by atoms with Gasteiger partial charge in [0.25, 0.3) is 0 Å². The minimum Gasteiger partial charge on any atom is -0.476 e. The van der Waals surface area contributed by atoms with Crippen molar-refractivity contribution in [1.29, 1.82) is 0 Å². The highest BCUT2D eigenvalue weighted by atomic mass is 35.5. The molecule has 0 unspecified atom stereocenters. The van der Waals surface area contributed by atoms with Crippen molar-refractivity contribution in [3.8, 4) is 17.3 Å². The monoisotopic (exact) mass is 546 g/mol. The molecule has 0 saturated heterocycles. The molecule has 37 heavy (non-hydrogen) atoms. The first-order valence-corrected chi connectivity index (χ1v) is 13.6. The lowest BCUT2D eigenvalue weighted by Gasteiger charge is -2.17. The molecule has 0 aliphatic heterocycles. The molecule has 12 heteroatoms. The van der Waals surface area contributed by atoms with Crippen LogP contribution in [0.4, 0.5) is 5.69 Å². The van der Waals surface area contributed by atoms with E-state index >= 15 is 0 Å². The van der Waals surface area contributed by atoms with E-state index in [1.54, 1.807) is 31.2 Å². The van der Waals surface area contributed by atoms with Crippen LogP contribution in [-0.2, 0) is 14.8 Å². The summed E-state index contributed by atoms with van der Waals surface area (Å²) in [4.78, 5) is 23.9. The van der Waals surface area contributed by atoms with Crippen LogP contribution in [0.15, 0.2) is 47.4 Å². The molecule has 0 bridgehead atoms. The van der Waals surface area contributed by atoms with E-state index in [0.717, 1.165) is 12.8 Å². The van der Waals surface area contributed by atoms with Gasteiger partial charge in [0.2, 0.25) is 21.8 Å². The first-order chi connectivity index (χ1) is 17.5. The molecule has 3 aromatic rings. The van der Waals surface area contributed by atoms with E-state index in [2.05, 4.69) is 15.1 Å². The number of rotatable bonds is 10. The van der Waals surface area contributed by atoms with Crippen molar-refractivity contribution >= 4 is 39.2 Å². The summed E-state index contributed by atoms with van der Waals surface area (Å²) in [5.41, 5.74) is 0.723. The number of carbonyl (C=O) groups is 2. The molecule has 2 aromatic carbocycles. The molecule has 10 nitrogen and oxygen atoms in total. The molecule has 0 spiro atoms. The summed E-state index contributed by atoms with van der Waals surface area (Å²) in [5, 5.41) is 17.0. The Morgan fingerprint density at radius 1 is 1.22 bits per heavy atom. The van der Waals surface area contributed by atoms with Gasteiger partial charge in [-0.15, -0.1) is 0 Å². The van der Waals surface area contributed by atoms with Gasteiger partial charge in [0.1, 0.15) is 10.6 Å². The highest BCUT2D eigenvalue weighted by Gasteiger charge is 2.31. The molecular weight excluding hydrogens is 520 g/mol. The molecule has 1 aromatic heterocycles. The maximum atomic E-state index is 13.4. The number of nitrogens with zero attached hydrogens (tertiary/aromatic N) is 2. The van der Waals surface area contributed by atoms with Crippen molar-refractivity contribution in [2.24, 2.45) is 5.92 Å². The number of hydrogen-bond donors (Lipinski definition) is 3. The van der Waals surface area contributed by atoms with Crippen molar-refractivity contribution in [3.05, 3.63) is 58.7 Å². The summed E-state index contributed by atoms with van der Waals surface area (Å²) >= 11 is 6.00. The molecule has 4 rings (SSSR count). The molecule has 1 saturated carbocycles. The second-order valence-electron chi connectivity index (χ2n) is 8.93. The molecule has 1 aliphatic carbocycles. The second kappa shape index (κ2) is 10.5. The number of carbonyl (C=O) groups excluding carboxylic acids is 1. The van der Waals surface area contributed by atoms with E-state index in [0.29, 0.717) is 22.8 Å². The summed E-state index contributed by atoms with van der Waals surface area (Å²) in [6.07, 6.45) is 2.15. The fourth-order valence-electron chi connectivity index (χ4n) is 3.55. The smallest absolute Gasteiger partial charge is 0.356 e. The van der Waals surface area contributed by atoms with Gasteiger partial charge in [-0.25, -0.2) is 17.9 Å². The number of aromatic nitrogens is 2. The van der Waals surface area contributed by atoms with Gasteiger partial charge in [0, 0.05) is 28.2 Å². The van der Waals surface area contributed by atoms with Crippen LogP contribution in [0.1, 0.15) is 49.2 Å². The molecule has 0 radical (unpaired) electrons. The zero-order chi connectivity index (χ0) is 26.9. The number of carboxylic acids is 1. The number of halogens is 1. The van der Waals surface area contributed by atoms with E-state index < -0.39 is 16.0 Å². The van der Waals surface area contributed by atoms with E-state index in [1.165, 1.54) is 29.8 Å². The van der Waals surface area contributed by atoms with Crippen molar-refractivity contribution in [1.82, 2.24) is 14.5 Å². The Bertz CT molecular complexity index is 1450. The number of benzene rings is 2. The summed E-state index contributed by atoms with van der Waals surface area (Å²) in [6, 6.07) is 10.4. The summed E-state index contributed by atoms with van der Waals surface area (Å²) in [6.45, 7) is 5.10. The Hall–Kier alpha value is -3.41. The van der Waals surface area contributed by atoms with Crippen molar-refractivity contribution in [2.45, 2.75) is 51.0 Å². The number of sulfonamides is 1. The van der Waals surface area contributed by atoms with E-state index in [4.69, 9.17) is 16.3 Å². The summed E-state index contributed by atoms with van der Waals surface area (Å²) in [7, 11) is -4.08. The van der Waals surface area contributed by atoms with Crippen molar-refractivity contribution < 1.29 is 27.9 Å². The van der Waals surface area contributed by atoms with Crippen LogP contribution in [0.3, 0.4) is 0 Å². The lowest BCUT2D eigenvalue weighted by molar-refractivity contribution is -0.117. The third-order valence-corrected chi connectivity index (χ3v) is 7.83. The third kappa shape index (κ3) is 5.95. The molecule has 3 N–H and O–H groups in total. The number of hydrogen-bond acceptors (Lipinski definition) is 6. The highest BCUT2D eigenvalue weighted by Crippen LogP contribution is 2.36. The van der Waals surface area contributed by atoms with Gasteiger partial charge in [-0.3, -0.25) is 4.79 Å². The van der Waals surface area contributed by atoms with E-state index in [9.17, 15) is 23.1 Å². The fraction of sp³-hybridized carbons (Fsp3) is 0.320. The molecule has 1 fully saturated rings. The maximum Gasteiger partial charge on any atom is 0.356 e. The molecule has 1 atom stereocenters. The number of aromatic carboxylic acids is 1. The second-order valence-corrected chi connectivity index (χ2v) is 11.0. The Morgan fingerprint density at radius 3 is 2.49 bits per heavy atom. The Balaban J connectivity index is 1.81. The maximum absolute atomic E-state index is 13.4. The fourth-order valence-corrected chi connectivity index (χ4v) is 5.15. The van der Waals surface area contributed by atoms with Gasteiger partial charge in [-0.05, 0) is 75.6 Å². The lowest BCUT2D eigenvalue weighted by atomic mass is 10.2. The van der Waals surface area contributed by atoms with E-state index in [-0.39, 0.29) is 45.6 Å². The Labute approximate surface area is 219 Å². The normalized spacial score (nSPS) is 14.3. The third-order valence-electron chi connectivity index (χ3n) is 5.97. The molecule has 196 valence electrons. The number of anilines is 1. The van der Waals surface area contributed by atoms with Crippen LogP contribution >= 0.6 is 11.6 Å². The predicted molar refractivity (Wildman–Crippen MR) is 138 cm³/mol. The minimum atomic E-state index is -4.08. The van der Waals surface area contributed by atoms with Gasteiger partial charge in [-0.2, -0.15) is 9.78 Å². The average Bonchev–Trinajstić information content (AvgIpc) is 3.65. The molecule has 1 heterocycles. The first-order valence-electron chi connectivity index (χ1n) is 11.7. The van der Waals surface area contributed by atoms with Crippen LogP contribution in [0, 0.1) is 12.8 Å². The van der Waals surface area contributed by atoms with Crippen LogP contribution in [0.5, 0.6) is 11.6 Å². The Morgan fingerprint density at radius 2 is 1.89 bits per heavy atom. The quantitative estimate of drug-likeness (QED) is 0.333. The number of carboxylic acid groups (broad SMARTS) is 1. The van der Waals surface area contributed by atoms with Crippen LogP contribution in [0.25, 0.3) is 5.69 Å². The van der Waals surface area contributed by atoms with Crippen LogP contribution in [0.2, 0.25) is 5.02 Å². The SMILES string of the molecule is CC[C@H](C)NS(=O)(=O)c1cc(NC(=O)C2CC2)ccc1Oc1c(C)c(C(=O)O)nn1-c1ccc(Cl)cc1. The van der Waals surface area contributed by atoms with Gasteiger partial charge in [0.15, 0.2) is 5.69 Å². The van der Waals surface area contributed by atoms with Crippen LogP contribution in [-0.4, -0.2) is 41.2 Å². The van der Waals surface area contributed by atoms with Gasteiger partial charge in [0.05, 0.1) is 5.69 Å². The van der Waals surface area contributed by atoms with Crippen LogP contribution < -0.4 is 14.8 Å². The van der Waals surface area contributed by atoms with E-state index in [1.807, 2.05) is 6.92 Å². The predicted octanol–water partition coefficient (Wildman–Crippen LogP) is 4.75. The standard InChI is InChI=1S/C25H27ClN4O6S/c1-4-14(2)29-37(34,35)21-13-18(27-23(31)16-5-6-16)9-12-20(21)36-24-15(3)22(25(32)33)28-30(24)19-10-7-17(26)8-11-19/h7-14,16,29H,4-6H2,1-3H3,(H,27,31)(H,32,33)/t14-/m0/s1. The number of nitrogens with one attached hydrogen (secondary N) is 2. The van der Waals surface area contributed by atoms with Crippen molar-refractivity contribution in [2.75, 3.05) is 5.32 Å². The largest absolute Gasteiger partial charge is 0.476 e. The average molecular weight is 547 g/mol. The van der Waals surface area contributed by atoms with Crippen molar-refractivity contribution in [3.63, 3.8) is 0 Å². The zero-order valence-electron chi connectivity index (χ0n) is 20.5. The summed E-state index contributed by atoms with van der Waals surface area (Å²) < 4.78 is 36.7. The molecule has 1 amide bonds. The molecular formula is C25H27ClN4O6S. The number of ether oxygens (including phenoxy) is 1.